The number of carbonyl (C=O) groups is 1. The summed E-state index contributed by atoms with van der Waals surface area (Å²) in [7, 11) is 0. The summed E-state index contributed by atoms with van der Waals surface area (Å²) in [5.41, 5.74) is 0. The Hall–Kier alpha value is -0.860. The molecule has 0 unspecified atom stereocenters. The fraction of sp³-hybridized carbons (Fsp3) is 0.714. The Kier molecular flexibility index (Phi) is 2.42. The topological polar surface area (TPSA) is 37.4 Å². The van der Waals surface area contributed by atoms with Gasteiger partial charge in [0.15, 0.2) is 0 Å². The highest BCUT2D eigenvalue weighted by molar-refractivity contribution is 5.86. The van der Waals surface area contributed by atoms with E-state index in [0.29, 0.717) is 13.0 Å². The SMILES string of the molecule is O=[C]N1CCCCCC1=O. The summed E-state index contributed by atoms with van der Waals surface area (Å²) in [6, 6.07) is 0. The molecule has 0 N–H and O–H groups in total. The molecule has 10 heavy (non-hydrogen) atoms. The molecule has 0 spiro atoms. The zero-order valence-electron chi connectivity index (χ0n) is 5.80. The van der Waals surface area contributed by atoms with E-state index < -0.39 is 0 Å². The standard InChI is InChI=1S/C7H10NO2/c9-6-8-5-3-1-2-4-7(8)10/h1-5H2. The van der Waals surface area contributed by atoms with E-state index in [0.717, 1.165) is 24.2 Å². The second kappa shape index (κ2) is 3.34. The minimum Gasteiger partial charge on any atom is -0.274 e. The van der Waals surface area contributed by atoms with E-state index >= 15 is 0 Å². The summed E-state index contributed by atoms with van der Waals surface area (Å²) in [4.78, 5) is 22.2. The molecule has 3 heteroatoms. The van der Waals surface area contributed by atoms with Crippen LogP contribution in [0.5, 0.6) is 0 Å². The van der Waals surface area contributed by atoms with Crippen LogP contribution in [-0.2, 0) is 9.59 Å². The monoisotopic (exact) mass is 140 g/mol. The van der Waals surface area contributed by atoms with E-state index in [-0.39, 0.29) is 5.91 Å². The second-order valence-corrected chi connectivity index (χ2v) is 2.45. The number of imide groups is 1. The van der Waals surface area contributed by atoms with Gasteiger partial charge in [-0.05, 0) is 12.8 Å². The van der Waals surface area contributed by atoms with Gasteiger partial charge < -0.3 is 0 Å². The van der Waals surface area contributed by atoms with Crippen molar-refractivity contribution in [1.82, 2.24) is 4.90 Å². The fourth-order valence-corrected chi connectivity index (χ4v) is 1.08. The van der Waals surface area contributed by atoms with Gasteiger partial charge in [0.25, 0.3) is 0 Å². The van der Waals surface area contributed by atoms with Gasteiger partial charge in [-0.2, -0.15) is 0 Å². The molecule has 0 aromatic carbocycles. The Labute approximate surface area is 60.0 Å². The average Bonchev–Trinajstić information content (AvgIpc) is 2.13. The van der Waals surface area contributed by atoms with Crippen LogP contribution in [0.25, 0.3) is 0 Å². The van der Waals surface area contributed by atoms with Crippen LogP contribution in [0.2, 0.25) is 0 Å². The van der Waals surface area contributed by atoms with E-state index in [1.165, 1.54) is 0 Å². The maximum atomic E-state index is 10.9. The maximum Gasteiger partial charge on any atom is 0.319 e. The number of hydrogen-bond donors (Lipinski definition) is 0. The van der Waals surface area contributed by atoms with Gasteiger partial charge in [-0.3, -0.25) is 14.5 Å². The van der Waals surface area contributed by atoms with Crippen molar-refractivity contribution in [3.8, 4) is 0 Å². The second-order valence-electron chi connectivity index (χ2n) is 2.45. The molecule has 0 atom stereocenters. The lowest BCUT2D eigenvalue weighted by Crippen LogP contribution is -2.28. The maximum absolute atomic E-state index is 10.9. The van der Waals surface area contributed by atoms with Crippen LogP contribution in [0.15, 0.2) is 0 Å². The zero-order chi connectivity index (χ0) is 7.40. The molecule has 1 radical (unpaired) electrons. The Bertz CT molecular complexity index is 145. The van der Waals surface area contributed by atoms with Crippen LogP contribution >= 0.6 is 0 Å². The predicted molar refractivity (Wildman–Crippen MR) is 35.9 cm³/mol. The molecule has 1 heterocycles. The Balaban J connectivity index is 2.51. The average molecular weight is 140 g/mol. The first-order chi connectivity index (χ1) is 4.84. The molecular weight excluding hydrogens is 130 g/mol. The summed E-state index contributed by atoms with van der Waals surface area (Å²) in [6.45, 7) is 0.558. The zero-order valence-corrected chi connectivity index (χ0v) is 5.80. The van der Waals surface area contributed by atoms with Gasteiger partial charge in [0, 0.05) is 13.0 Å². The van der Waals surface area contributed by atoms with Crippen molar-refractivity contribution >= 4 is 12.3 Å². The minimum atomic E-state index is -0.0764. The molecule has 1 saturated heterocycles. The van der Waals surface area contributed by atoms with Crippen molar-refractivity contribution in [2.75, 3.05) is 6.54 Å². The van der Waals surface area contributed by atoms with Gasteiger partial charge in [0.1, 0.15) is 0 Å². The molecule has 1 aliphatic heterocycles. The van der Waals surface area contributed by atoms with E-state index in [4.69, 9.17) is 0 Å². The normalized spacial score (nSPS) is 20.4. The highest BCUT2D eigenvalue weighted by atomic mass is 16.2. The van der Waals surface area contributed by atoms with Gasteiger partial charge in [-0.25, -0.2) is 0 Å². The number of nitrogens with zero attached hydrogens (tertiary/aromatic N) is 1. The largest absolute Gasteiger partial charge is 0.319 e. The number of hydrogen-bond acceptors (Lipinski definition) is 2. The van der Waals surface area contributed by atoms with Crippen LogP contribution in [0.1, 0.15) is 25.7 Å². The Morgan fingerprint density at radius 2 is 2.10 bits per heavy atom. The van der Waals surface area contributed by atoms with Crippen molar-refractivity contribution < 1.29 is 9.59 Å². The van der Waals surface area contributed by atoms with Gasteiger partial charge in [0.05, 0.1) is 0 Å². The summed E-state index contributed by atoms with van der Waals surface area (Å²) in [5.74, 6) is -0.0764. The summed E-state index contributed by atoms with van der Waals surface area (Å²) >= 11 is 0. The molecule has 0 bridgehead atoms. The summed E-state index contributed by atoms with van der Waals surface area (Å²) < 4.78 is 0. The van der Waals surface area contributed by atoms with E-state index in [9.17, 15) is 9.59 Å². The first-order valence-corrected chi connectivity index (χ1v) is 3.53. The lowest BCUT2D eigenvalue weighted by Gasteiger charge is -2.08. The molecule has 0 aromatic rings. The summed E-state index contributed by atoms with van der Waals surface area (Å²) in [5, 5.41) is 0. The highest BCUT2D eigenvalue weighted by Crippen LogP contribution is 2.08. The molecule has 3 nitrogen and oxygen atoms in total. The van der Waals surface area contributed by atoms with Crippen molar-refractivity contribution in [1.29, 1.82) is 0 Å². The van der Waals surface area contributed by atoms with Crippen molar-refractivity contribution in [3.63, 3.8) is 0 Å². The number of amides is 2. The van der Waals surface area contributed by atoms with E-state index in [1.54, 1.807) is 6.41 Å². The molecule has 1 fully saturated rings. The third kappa shape index (κ3) is 1.56. The van der Waals surface area contributed by atoms with Crippen molar-refractivity contribution in [2.24, 2.45) is 0 Å². The first-order valence-electron chi connectivity index (χ1n) is 3.53. The van der Waals surface area contributed by atoms with E-state index in [1.807, 2.05) is 0 Å². The lowest BCUT2D eigenvalue weighted by molar-refractivity contribution is -0.126. The van der Waals surface area contributed by atoms with Crippen LogP contribution in [0.3, 0.4) is 0 Å². The van der Waals surface area contributed by atoms with Crippen LogP contribution in [-0.4, -0.2) is 23.8 Å². The Morgan fingerprint density at radius 1 is 1.30 bits per heavy atom. The molecule has 55 valence electrons. The third-order valence-corrected chi connectivity index (χ3v) is 1.68. The van der Waals surface area contributed by atoms with Crippen LogP contribution in [0.4, 0.5) is 0 Å². The summed E-state index contributed by atoms with van der Waals surface area (Å²) in [6.07, 6.45) is 5.03. The number of rotatable bonds is 1. The minimum absolute atomic E-state index is 0.0764. The highest BCUT2D eigenvalue weighted by Gasteiger charge is 2.15. The molecule has 1 rings (SSSR count). The van der Waals surface area contributed by atoms with E-state index in [2.05, 4.69) is 0 Å². The predicted octanol–water partition coefficient (Wildman–Crippen LogP) is 0.456. The quantitative estimate of drug-likeness (QED) is 0.530. The number of likely N-dealkylation sites (tertiary alicyclic amines) is 1. The van der Waals surface area contributed by atoms with Crippen LogP contribution in [0, 0.1) is 0 Å². The lowest BCUT2D eigenvalue weighted by atomic mass is 10.2. The van der Waals surface area contributed by atoms with Gasteiger partial charge >= 0.3 is 6.41 Å². The molecule has 0 aromatic heterocycles. The van der Waals surface area contributed by atoms with Gasteiger partial charge in [-0.1, -0.05) is 6.42 Å². The Morgan fingerprint density at radius 3 is 2.80 bits per heavy atom. The molecular formula is C7H10NO2. The molecule has 1 aliphatic rings. The fourth-order valence-electron chi connectivity index (χ4n) is 1.08. The molecule has 2 amide bonds. The number of carbonyl (C=O) groups excluding carboxylic acids is 2. The molecule has 0 saturated carbocycles. The van der Waals surface area contributed by atoms with Crippen LogP contribution < -0.4 is 0 Å². The third-order valence-electron chi connectivity index (χ3n) is 1.68. The van der Waals surface area contributed by atoms with Crippen molar-refractivity contribution in [3.05, 3.63) is 0 Å². The molecule has 0 aliphatic carbocycles. The van der Waals surface area contributed by atoms with Crippen molar-refractivity contribution in [2.45, 2.75) is 25.7 Å². The van der Waals surface area contributed by atoms with Gasteiger partial charge in [-0.15, -0.1) is 0 Å². The first kappa shape index (κ1) is 7.25. The van der Waals surface area contributed by atoms with Gasteiger partial charge in [0.2, 0.25) is 5.91 Å². The smallest absolute Gasteiger partial charge is 0.274 e.